The first-order valence-electron chi connectivity index (χ1n) is 5.87. The Kier molecular flexibility index (Phi) is 4.63. The van der Waals surface area contributed by atoms with Gasteiger partial charge in [0.25, 0.3) is 0 Å². The van der Waals surface area contributed by atoms with Gasteiger partial charge in [-0.25, -0.2) is 0 Å². The zero-order valence-electron chi connectivity index (χ0n) is 10.9. The van der Waals surface area contributed by atoms with Crippen molar-refractivity contribution < 1.29 is 19.0 Å². The molecule has 0 spiro atoms. The summed E-state index contributed by atoms with van der Waals surface area (Å²) in [5.41, 5.74) is 1.87. The standard InChI is InChI=1S/C13H16ClNO4/c1-15(6-12(16)17-2)5-9-3-11(14)4-10-7-18-8-19-13(9)10/h3-4H,5-8H2,1-2H3. The van der Waals surface area contributed by atoms with Crippen LogP contribution in [0.5, 0.6) is 5.75 Å². The SMILES string of the molecule is COC(=O)CN(C)Cc1cc(Cl)cc2c1OCOC2. The number of halogens is 1. The van der Waals surface area contributed by atoms with Crippen LogP contribution in [0.25, 0.3) is 0 Å². The molecule has 0 radical (unpaired) electrons. The number of methoxy groups -OCH3 is 1. The number of hydrogen-bond acceptors (Lipinski definition) is 5. The fourth-order valence-corrected chi connectivity index (χ4v) is 2.27. The van der Waals surface area contributed by atoms with E-state index in [4.69, 9.17) is 21.1 Å². The molecule has 1 aromatic carbocycles. The second-order valence-corrected chi connectivity index (χ2v) is 4.85. The normalized spacial score (nSPS) is 13.9. The molecule has 0 unspecified atom stereocenters. The molecular formula is C13H16ClNO4. The molecule has 1 aliphatic heterocycles. The van der Waals surface area contributed by atoms with Gasteiger partial charge in [0.05, 0.1) is 20.3 Å². The van der Waals surface area contributed by atoms with Crippen molar-refractivity contribution in [2.45, 2.75) is 13.2 Å². The van der Waals surface area contributed by atoms with Gasteiger partial charge in [0.2, 0.25) is 0 Å². The van der Waals surface area contributed by atoms with E-state index >= 15 is 0 Å². The van der Waals surface area contributed by atoms with Crippen molar-refractivity contribution in [3.8, 4) is 5.75 Å². The van der Waals surface area contributed by atoms with Crippen LogP contribution in [-0.2, 0) is 27.4 Å². The minimum absolute atomic E-state index is 0.217. The molecule has 104 valence electrons. The van der Waals surface area contributed by atoms with Crippen LogP contribution in [0.3, 0.4) is 0 Å². The van der Waals surface area contributed by atoms with Crippen molar-refractivity contribution in [2.75, 3.05) is 27.5 Å². The Hall–Kier alpha value is -1.30. The molecule has 0 aromatic heterocycles. The smallest absolute Gasteiger partial charge is 0.319 e. The first-order valence-corrected chi connectivity index (χ1v) is 6.25. The maximum Gasteiger partial charge on any atom is 0.319 e. The summed E-state index contributed by atoms with van der Waals surface area (Å²) in [5, 5.41) is 0.634. The lowest BCUT2D eigenvalue weighted by Crippen LogP contribution is -2.27. The number of carbonyl (C=O) groups is 1. The fraction of sp³-hybridized carbons (Fsp3) is 0.462. The first kappa shape index (κ1) is 14.1. The van der Waals surface area contributed by atoms with E-state index in [2.05, 4.69) is 4.74 Å². The van der Waals surface area contributed by atoms with Crippen LogP contribution in [0.2, 0.25) is 5.02 Å². The maximum atomic E-state index is 11.2. The predicted molar refractivity (Wildman–Crippen MR) is 70.1 cm³/mol. The van der Waals surface area contributed by atoms with E-state index in [1.165, 1.54) is 7.11 Å². The van der Waals surface area contributed by atoms with Crippen LogP contribution in [0.1, 0.15) is 11.1 Å². The molecule has 0 bridgehead atoms. The Labute approximate surface area is 117 Å². The van der Waals surface area contributed by atoms with Crippen molar-refractivity contribution in [2.24, 2.45) is 0 Å². The number of likely N-dealkylation sites (N-methyl/N-ethyl adjacent to an activating group) is 1. The minimum Gasteiger partial charge on any atom is -0.468 e. The molecule has 0 N–H and O–H groups in total. The summed E-state index contributed by atoms with van der Waals surface area (Å²) in [4.78, 5) is 13.1. The van der Waals surface area contributed by atoms with Crippen LogP contribution in [0.15, 0.2) is 12.1 Å². The largest absolute Gasteiger partial charge is 0.468 e. The van der Waals surface area contributed by atoms with Gasteiger partial charge < -0.3 is 14.2 Å². The topological polar surface area (TPSA) is 48.0 Å². The predicted octanol–water partition coefficient (Wildman–Crippen LogP) is 1.81. The molecule has 0 fully saturated rings. The van der Waals surface area contributed by atoms with Gasteiger partial charge in [0.15, 0.2) is 6.79 Å². The van der Waals surface area contributed by atoms with Crippen molar-refractivity contribution in [1.82, 2.24) is 4.90 Å². The monoisotopic (exact) mass is 285 g/mol. The quantitative estimate of drug-likeness (QED) is 0.790. The van der Waals surface area contributed by atoms with Gasteiger partial charge in [-0.1, -0.05) is 11.6 Å². The number of nitrogens with zero attached hydrogens (tertiary/aromatic N) is 1. The van der Waals surface area contributed by atoms with Crippen LogP contribution >= 0.6 is 11.6 Å². The lowest BCUT2D eigenvalue weighted by atomic mass is 10.1. The molecule has 0 atom stereocenters. The maximum absolute atomic E-state index is 11.2. The highest BCUT2D eigenvalue weighted by Gasteiger charge is 2.18. The zero-order valence-corrected chi connectivity index (χ0v) is 11.7. The molecule has 6 heteroatoms. The molecule has 0 saturated heterocycles. The lowest BCUT2D eigenvalue weighted by molar-refractivity contribution is -0.141. The van der Waals surface area contributed by atoms with E-state index in [1.54, 1.807) is 0 Å². The average Bonchev–Trinajstić information content (AvgIpc) is 2.38. The van der Waals surface area contributed by atoms with Gasteiger partial charge >= 0.3 is 5.97 Å². The summed E-state index contributed by atoms with van der Waals surface area (Å²) in [6.07, 6.45) is 0. The Morgan fingerprint density at radius 1 is 1.53 bits per heavy atom. The van der Waals surface area contributed by atoms with Crippen LogP contribution in [0, 0.1) is 0 Å². The number of esters is 1. The Balaban J connectivity index is 2.15. The number of carbonyl (C=O) groups excluding carboxylic acids is 1. The molecule has 19 heavy (non-hydrogen) atoms. The molecule has 1 aliphatic rings. The highest BCUT2D eigenvalue weighted by molar-refractivity contribution is 6.30. The third kappa shape index (κ3) is 3.59. The lowest BCUT2D eigenvalue weighted by Gasteiger charge is -2.23. The molecule has 0 amide bonds. The van der Waals surface area contributed by atoms with Crippen LogP contribution in [0.4, 0.5) is 0 Å². The zero-order chi connectivity index (χ0) is 13.8. The summed E-state index contributed by atoms with van der Waals surface area (Å²) in [6.45, 7) is 1.50. The Bertz CT molecular complexity index is 478. The number of benzene rings is 1. The van der Waals surface area contributed by atoms with Gasteiger partial charge in [-0.15, -0.1) is 0 Å². The third-order valence-electron chi connectivity index (χ3n) is 2.82. The number of fused-ring (bicyclic) bond motifs is 1. The molecule has 1 aromatic rings. The van der Waals surface area contributed by atoms with Crippen molar-refractivity contribution in [3.63, 3.8) is 0 Å². The van der Waals surface area contributed by atoms with E-state index in [0.717, 1.165) is 16.9 Å². The molecule has 0 aliphatic carbocycles. The van der Waals surface area contributed by atoms with Crippen molar-refractivity contribution >= 4 is 17.6 Å². The highest BCUT2D eigenvalue weighted by Crippen LogP contribution is 2.32. The molecule has 0 saturated carbocycles. The number of hydrogen-bond donors (Lipinski definition) is 0. The number of rotatable bonds is 4. The van der Waals surface area contributed by atoms with E-state index in [0.29, 0.717) is 18.2 Å². The van der Waals surface area contributed by atoms with Gasteiger partial charge in [-0.2, -0.15) is 0 Å². The van der Waals surface area contributed by atoms with Crippen molar-refractivity contribution in [1.29, 1.82) is 0 Å². The summed E-state index contributed by atoms with van der Waals surface area (Å²) in [5.74, 6) is 0.523. The fourth-order valence-electron chi connectivity index (χ4n) is 2.01. The van der Waals surface area contributed by atoms with Crippen LogP contribution < -0.4 is 4.74 Å². The van der Waals surface area contributed by atoms with E-state index in [1.807, 2.05) is 24.1 Å². The van der Waals surface area contributed by atoms with Crippen LogP contribution in [-0.4, -0.2) is 38.4 Å². The summed E-state index contributed by atoms with van der Waals surface area (Å²) < 4.78 is 15.4. The number of ether oxygens (including phenoxy) is 3. The molecule has 1 heterocycles. The summed E-state index contributed by atoms with van der Waals surface area (Å²) in [7, 11) is 3.21. The second-order valence-electron chi connectivity index (χ2n) is 4.41. The average molecular weight is 286 g/mol. The first-order chi connectivity index (χ1) is 9.10. The van der Waals surface area contributed by atoms with Gasteiger partial charge in [-0.3, -0.25) is 9.69 Å². The molecule has 5 nitrogen and oxygen atoms in total. The Morgan fingerprint density at radius 3 is 3.05 bits per heavy atom. The van der Waals surface area contributed by atoms with Gasteiger partial charge in [-0.05, 0) is 19.2 Å². The minimum atomic E-state index is -0.275. The third-order valence-corrected chi connectivity index (χ3v) is 3.04. The van der Waals surface area contributed by atoms with Gasteiger partial charge in [0, 0.05) is 22.7 Å². The van der Waals surface area contributed by atoms with E-state index in [-0.39, 0.29) is 19.3 Å². The second kappa shape index (κ2) is 6.23. The van der Waals surface area contributed by atoms with Crippen molar-refractivity contribution in [3.05, 3.63) is 28.3 Å². The highest BCUT2D eigenvalue weighted by atomic mass is 35.5. The van der Waals surface area contributed by atoms with E-state index < -0.39 is 0 Å². The summed E-state index contributed by atoms with van der Waals surface area (Å²) >= 11 is 6.08. The molecule has 2 rings (SSSR count). The van der Waals surface area contributed by atoms with E-state index in [9.17, 15) is 4.79 Å². The van der Waals surface area contributed by atoms with Gasteiger partial charge in [0.1, 0.15) is 5.75 Å². The Morgan fingerprint density at radius 2 is 2.32 bits per heavy atom. The summed E-state index contributed by atoms with van der Waals surface area (Å²) in [6, 6.07) is 3.68. The molecular weight excluding hydrogens is 270 g/mol.